The molecule has 1 aromatic carbocycles. The van der Waals surface area contributed by atoms with E-state index in [1.54, 1.807) is 30.6 Å². The molecule has 0 aliphatic rings. The molecular formula is C13H12N2O2. The number of phenols is 1. The number of nitrogens with zero attached hydrogens (tertiary/aromatic N) is 1. The van der Waals surface area contributed by atoms with Crippen LogP contribution in [-0.2, 0) is 0 Å². The number of benzene rings is 1. The van der Waals surface area contributed by atoms with E-state index in [0.29, 0.717) is 11.4 Å². The van der Waals surface area contributed by atoms with Crippen molar-refractivity contribution in [3.8, 4) is 5.75 Å². The quantitative estimate of drug-likeness (QED) is 0.625. The molecule has 0 bridgehead atoms. The Bertz CT molecular complexity index is 557. The standard InChI is InChI=1S/C13H12N2O2/c1-9-2-3-11(16)10(8-9)12(17)4-5-13-14-6-7-15-13/h2-8,16H,1H3,(H,14,15)/b5-4+. The van der Waals surface area contributed by atoms with Gasteiger partial charge in [-0.25, -0.2) is 4.98 Å². The first kappa shape index (κ1) is 11.1. The number of aromatic hydroxyl groups is 1. The summed E-state index contributed by atoms with van der Waals surface area (Å²) in [6.07, 6.45) is 6.24. The normalized spacial score (nSPS) is 10.9. The van der Waals surface area contributed by atoms with Crippen molar-refractivity contribution >= 4 is 11.9 Å². The summed E-state index contributed by atoms with van der Waals surface area (Å²) in [5.41, 5.74) is 1.23. The van der Waals surface area contributed by atoms with Crippen LogP contribution in [0.1, 0.15) is 21.7 Å². The largest absolute Gasteiger partial charge is 0.507 e. The van der Waals surface area contributed by atoms with Crippen LogP contribution >= 0.6 is 0 Å². The number of H-pyrrole nitrogens is 1. The molecule has 0 spiro atoms. The molecule has 4 heteroatoms. The minimum absolute atomic E-state index is 0.00954. The molecule has 2 aromatic rings. The van der Waals surface area contributed by atoms with Gasteiger partial charge in [-0.2, -0.15) is 0 Å². The Hall–Kier alpha value is -2.36. The summed E-state index contributed by atoms with van der Waals surface area (Å²) >= 11 is 0. The Morgan fingerprint density at radius 3 is 3.00 bits per heavy atom. The van der Waals surface area contributed by atoms with Gasteiger partial charge in [0, 0.05) is 12.4 Å². The van der Waals surface area contributed by atoms with Crippen molar-refractivity contribution in [1.29, 1.82) is 0 Å². The highest BCUT2D eigenvalue weighted by atomic mass is 16.3. The predicted octanol–water partition coefficient (Wildman–Crippen LogP) is 2.32. The number of hydrogen-bond acceptors (Lipinski definition) is 3. The number of phenolic OH excluding ortho intramolecular Hbond substituents is 1. The van der Waals surface area contributed by atoms with Gasteiger partial charge in [0.1, 0.15) is 11.6 Å². The van der Waals surface area contributed by atoms with E-state index in [9.17, 15) is 9.90 Å². The second-order valence-electron chi connectivity index (χ2n) is 3.69. The van der Waals surface area contributed by atoms with Gasteiger partial charge < -0.3 is 10.1 Å². The van der Waals surface area contributed by atoms with Crippen LogP contribution in [0.2, 0.25) is 0 Å². The number of hydrogen-bond donors (Lipinski definition) is 2. The van der Waals surface area contributed by atoms with Crippen molar-refractivity contribution in [2.45, 2.75) is 6.92 Å². The van der Waals surface area contributed by atoms with Crippen molar-refractivity contribution in [3.05, 3.63) is 53.6 Å². The van der Waals surface area contributed by atoms with E-state index in [0.717, 1.165) is 5.56 Å². The Morgan fingerprint density at radius 2 is 2.29 bits per heavy atom. The highest BCUT2D eigenvalue weighted by Crippen LogP contribution is 2.19. The topological polar surface area (TPSA) is 66.0 Å². The minimum Gasteiger partial charge on any atom is -0.507 e. The van der Waals surface area contributed by atoms with Gasteiger partial charge in [0.2, 0.25) is 0 Å². The van der Waals surface area contributed by atoms with Gasteiger partial charge in [-0.05, 0) is 31.2 Å². The van der Waals surface area contributed by atoms with Crippen LogP contribution in [0.15, 0.2) is 36.7 Å². The SMILES string of the molecule is Cc1ccc(O)c(C(=O)/C=C/c2ncc[nH]2)c1. The Balaban J connectivity index is 2.23. The third kappa shape index (κ3) is 2.60. The van der Waals surface area contributed by atoms with Crippen LogP contribution in [-0.4, -0.2) is 20.9 Å². The number of allylic oxidation sites excluding steroid dienone is 1. The highest BCUT2D eigenvalue weighted by Gasteiger charge is 2.08. The smallest absolute Gasteiger partial charge is 0.189 e. The van der Waals surface area contributed by atoms with Crippen LogP contribution in [0.3, 0.4) is 0 Å². The summed E-state index contributed by atoms with van der Waals surface area (Å²) in [6, 6.07) is 4.93. The van der Waals surface area contributed by atoms with Crippen LogP contribution in [0, 0.1) is 6.92 Å². The van der Waals surface area contributed by atoms with Gasteiger partial charge in [-0.15, -0.1) is 0 Å². The van der Waals surface area contributed by atoms with E-state index in [1.807, 2.05) is 6.92 Å². The number of aromatic nitrogens is 2. The minimum atomic E-state index is -0.248. The van der Waals surface area contributed by atoms with Crippen molar-refractivity contribution in [2.75, 3.05) is 0 Å². The summed E-state index contributed by atoms with van der Waals surface area (Å²) in [7, 11) is 0. The number of carbonyl (C=O) groups excluding carboxylic acids is 1. The summed E-state index contributed by atoms with van der Waals surface area (Å²) in [6.45, 7) is 1.87. The van der Waals surface area contributed by atoms with E-state index < -0.39 is 0 Å². The lowest BCUT2D eigenvalue weighted by molar-refractivity contribution is 0.104. The average Bonchev–Trinajstić information content (AvgIpc) is 2.82. The molecule has 1 heterocycles. The maximum Gasteiger partial charge on any atom is 0.189 e. The van der Waals surface area contributed by atoms with E-state index in [-0.39, 0.29) is 11.5 Å². The highest BCUT2D eigenvalue weighted by molar-refractivity contribution is 6.08. The van der Waals surface area contributed by atoms with Crippen LogP contribution in [0.5, 0.6) is 5.75 Å². The fourth-order valence-corrected chi connectivity index (χ4v) is 1.46. The molecule has 0 saturated carbocycles. The lowest BCUT2D eigenvalue weighted by Crippen LogP contribution is -1.95. The molecule has 0 amide bonds. The lowest BCUT2D eigenvalue weighted by Gasteiger charge is -2.01. The molecule has 2 rings (SSSR count). The second kappa shape index (κ2) is 4.65. The zero-order valence-electron chi connectivity index (χ0n) is 9.34. The summed E-state index contributed by atoms with van der Waals surface area (Å²) in [4.78, 5) is 18.6. The number of ketones is 1. The molecule has 1 aromatic heterocycles. The fraction of sp³-hybridized carbons (Fsp3) is 0.0769. The van der Waals surface area contributed by atoms with Crippen molar-refractivity contribution in [2.24, 2.45) is 0 Å². The van der Waals surface area contributed by atoms with Crippen molar-refractivity contribution < 1.29 is 9.90 Å². The van der Waals surface area contributed by atoms with E-state index in [2.05, 4.69) is 9.97 Å². The molecule has 2 N–H and O–H groups in total. The number of carbonyl (C=O) groups is 1. The summed E-state index contributed by atoms with van der Waals surface area (Å²) in [5, 5.41) is 9.58. The number of imidazole rings is 1. The zero-order chi connectivity index (χ0) is 12.3. The zero-order valence-corrected chi connectivity index (χ0v) is 9.34. The molecule has 4 nitrogen and oxygen atoms in total. The lowest BCUT2D eigenvalue weighted by atomic mass is 10.1. The predicted molar refractivity (Wildman–Crippen MR) is 64.8 cm³/mol. The van der Waals surface area contributed by atoms with Crippen molar-refractivity contribution in [3.63, 3.8) is 0 Å². The Labute approximate surface area is 98.6 Å². The molecular weight excluding hydrogens is 216 g/mol. The molecule has 0 fully saturated rings. The third-order valence-electron chi connectivity index (χ3n) is 2.33. The molecule has 0 aliphatic carbocycles. The molecule has 0 saturated heterocycles. The van der Waals surface area contributed by atoms with Gasteiger partial charge in [0.25, 0.3) is 0 Å². The van der Waals surface area contributed by atoms with Gasteiger partial charge in [0.15, 0.2) is 5.78 Å². The van der Waals surface area contributed by atoms with E-state index in [1.165, 1.54) is 12.1 Å². The third-order valence-corrected chi connectivity index (χ3v) is 2.33. The van der Waals surface area contributed by atoms with Crippen molar-refractivity contribution in [1.82, 2.24) is 9.97 Å². The number of nitrogens with one attached hydrogen (secondary N) is 1. The first-order valence-electron chi connectivity index (χ1n) is 5.18. The average molecular weight is 228 g/mol. The monoisotopic (exact) mass is 228 g/mol. The van der Waals surface area contributed by atoms with Gasteiger partial charge in [-0.3, -0.25) is 4.79 Å². The second-order valence-corrected chi connectivity index (χ2v) is 3.69. The summed E-state index contributed by atoms with van der Waals surface area (Å²) < 4.78 is 0. The molecule has 0 aliphatic heterocycles. The Morgan fingerprint density at radius 1 is 1.47 bits per heavy atom. The van der Waals surface area contributed by atoms with Gasteiger partial charge >= 0.3 is 0 Å². The maximum absolute atomic E-state index is 11.8. The first-order chi connectivity index (χ1) is 8.16. The van der Waals surface area contributed by atoms with E-state index in [4.69, 9.17) is 0 Å². The number of rotatable bonds is 3. The number of aryl methyl sites for hydroxylation is 1. The van der Waals surface area contributed by atoms with Gasteiger partial charge in [0.05, 0.1) is 5.56 Å². The number of aromatic amines is 1. The molecule has 0 unspecified atom stereocenters. The van der Waals surface area contributed by atoms with Gasteiger partial charge in [-0.1, -0.05) is 11.6 Å². The van der Waals surface area contributed by atoms with Crippen LogP contribution in [0.25, 0.3) is 6.08 Å². The molecule has 0 radical (unpaired) electrons. The van der Waals surface area contributed by atoms with Crippen LogP contribution < -0.4 is 0 Å². The molecule has 0 atom stereocenters. The molecule has 86 valence electrons. The summed E-state index contributed by atoms with van der Waals surface area (Å²) in [5.74, 6) is 0.345. The first-order valence-corrected chi connectivity index (χ1v) is 5.18. The molecule has 17 heavy (non-hydrogen) atoms. The Kier molecular flexibility index (Phi) is 3.05. The fourth-order valence-electron chi connectivity index (χ4n) is 1.46. The van der Waals surface area contributed by atoms with Crippen LogP contribution in [0.4, 0.5) is 0 Å². The van der Waals surface area contributed by atoms with E-state index >= 15 is 0 Å². The maximum atomic E-state index is 11.8.